The van der Waals surface area contributed by atoms with Crippen LogP contribution in [0.4, 0.5) is 0 Å². The molecule has 2 bridgehead atoms. The van der Waals surface area contributed by atoms with Gasteiger partial charge in [0.1, 0.15) is 0 Å². The fourth-order valence-electron chi connectivity index (χ4n) is 3.42. The van der Waals surface area contributed by atoms with Gasteiger partial charge in [0.05, 0.1) is 12.6 Å². The molecule has 2 aliphatic heterocycles. The normalized spacial score (nSPS) is 30.5. The Morgan fingerprint density at radius 3 is 2.63 bits per heavy atom. The Morgan fingerprint density at radius 2 is 2.00 bits per heavy atom. The fraction of sp³-hybridized carbons (Fsp3) is 0.533. The molecule has 0 spiro atoms. The van der Waals surface area contributed by atoms with Crippen molar-refractivity contribution in [1.82, 2.24) is 4.90 Å². The van der Waals surface area contributed by atoms with Crippen LogP contribution in [-0.4, -0.2) is 40.5 Å². The summed E-state index contributed by atoms with van der Waals surface area (Å²) in [5, 5.41) is 10.4. The molecule has 2 fully saturated rings. The lowest BCUT2D eigenvalue weighted by atomic mass is 9.99. The summed E-state index contributed by atoms with van der Waals surface area (Å²) < 4.78 is 0. The van der Waals surface area contributed by atoms with Gasteiger partial charge < -0.3 is 5.11 Å². The van der Waals surface area contributed by atoms with Gasteiger partial charge in [-0.3, -0.25) is 9.69 Å². The lowest BCUT2D eigenvalue weighted by molar-refractivity contribution is 0.0344. The highest BCUT2D eigenvalue weighted by molar-refractivity contribution is 6.31. The van der Waals surface area contributed by atoms with Gasteiger partial charge in [-0.05, 0) is 37.8 Å². The molecule has 0 amide bonds. The summed E-state index contributed by atoms with van der Waals surface area (Å²) in [6.07, 6.45) is 3.63. The number of aliphatic hydroxyl groups excluding tert-OH is 1. The Hall–Kier alpha value is -0.900. The maximum atomic E-state index is 12.3. The summed E-state index contributed by atoms with van der Waals surface area (Å²) in [5.41, 5.74) is 0.679. The molecule has 2 saturated heterocycles. The highest BCUT2D eigenvalue weighted by atomic mass is 35.5. The van der Waals surface area contributed by atoms with Crippen LogP contribution in [0.1, 0.15) is 36.0 Å². The number of Topliss-reactive ketones (excluding diaryl/α,β-unsaturated/α-hetero) is 1. The standard InChI is InChI=1S/C15H18ClNO2/c16-11-3-1-2-10(6-11)15(19)9-17-12-4-5-13(17)8-14(18)7-12/h1-3,6,12-14,18H,4-5,7-9H2. The Balaban J connectivity index is 1.70. The van der Waals surface area contributed by atoms with Gasteiger partial charge in [-0.15, -0.1) is 0 Å². The van der Waals surface area contributed by atoms with Crippen molar-refractivity contribution in [3.05, 3.63) is 34.9 Å². The van der Waals surface area contributed by atoms with Gasteiger partial charge >= 0.3 is 0 Å². The van der Waals surface area contributed by atoms with E-state index in [1.807, 2.05) is 12.1 Å². The number of nitrogens with zero attached hydrogens (tertiary/aromatic N) is 1. The molecule has 2 heterocycles. The van der Waals surface area contributed by atoms with E-state index in [4.69, 9.17) is 11.6 Å². The number of fused-ring (bicyclic) bond motifs is 2. The average molecular weight is 280 g/mol. The van der Waals surface area contributed by atoms with Crippen molar-refractivity contribution in [2.45, 2.75) is 43.9 Å². The zero-order valence-electron chi connectivity index (χ0n) is 10.8. The zero-order valence-corrected chi connectivity index (χ0v) is 11.5. The smallest absolute Gasteiger partial charge is 0.176 e. The van der Waals surface area contributed by atoms with Crippen molar-refractivity contribution in [2.24, 2.45) is 0 Å². The SMILES string of the molecule is O=C(CN1C2CCC1CC(O)C2)c1cccc(Cl)c1. The number of carbonyl (C=O) groups excluding carboxylic acids is 1. The van der Waals surface area contributed by atoms with Crippen LogP contribution in [0.2, 0.25) is 5.02 Å². The maximum absolute atomic E-state index is 12.3. The second kappa shape index (κ2) is 5.23. The van der Waals surface area contributed by atoms with E-state index in [9.17, 15) is 9.90 Å². The van der Waals surface area contributed by atoms with E-state index < -0.39 is 0 Å². The van der Waals surface area contributed by atoms with Crippen LogP contribution in [0.3, 0.4) is 0 Å². The molecule has 3 rings (SSSR count). The Kier molecular flexibility index (Phi) is 3.61. The molecule has 19 heavy (non-hydrogen) atoms. The number of piperidine rings is 1. The molecule has 1 aromatic carbocycles. The van der Waals surface area contributed by atoms with Gasteiger partial charge in [0.15, 0.2) is 5.78 Å². The van der Waals surface area contributed by atoms with Gasteiger partial charge in [-0.2, -0.15) is 0 Å². The van der Waals surface area contributed by atoms with Crippen LogP contribution in [0.25, 0.3) is 0 Å². The van der Waals surface area contributed by atoms with Gasteiger partial charge in [0.25, 0.3) is 0 Å². The molecule has 1 aromatic rings. The van der Waals surface area contributed by atoms with Crippen LogP contribution >= 0.6 is 11.6 Å². The van der Waals surface area contributed by atoms with Crippen molar-refractivity contribution in [3.63, 3.8) is 0 Å². The van der Waals surface area contributed by atoms with E-state index in [1.165, 1.54) is 0 Å². The van der Waals surface area contributed by atoms with E-state index >= 15 is 0 Å². The number of aliphatic hydroxyl groups is 1. The minimum absolute atomic E-state index is 0.121. The van der Waals surface area contributed by atoms with Crippen molar-refractivity contribution >= 4 is 17.4 Å². The second-order valence-electron chi connectivity index (χ2n) is 5.62. The predicted molar refractivity (Wildman–Crippen MR) is 74.5 cm³/mol. The molecule has 1 N–H and O–H groups in total. The van der Waals surface area contributed by atoms with Crippen molar-refractivity contribution in [3.8, 4) is 0 Å². The molecule has 2 aliphatic rings. The van der Waals surface area contributed by atoms with Gasteiger partial charge in [-0.1, -0.05) is 23.7 Å². The molecular weight excluding hydrogens is 262 g/mol. The van der Waals surface area contributed by atoms with Crippen LogP contribution in [0, 0.1) is 0 Å². The summed E-state index contributed by atoms with van der Waals surface area (Å²) in [4.78, 5) is 14.6. The predicted octanol–water partition coefficient (Wildman–Crippen LogP) is 2.51. The Morgan fingerprint density at radius 1 is 1.32 bits per heavy atom. The largest absolute Gasteiger partial charge is 0.393 e. The molecule has 0 radical (unpaired) electrons. The highest BCUT2D eigenvalue weighted by Gasteiger charge is 2.40. The average Bonchev–Trinajstić information content (AvgIpc) is 2.61. The first-order valence-corrected chi connectivity index (χ1v) is 7.24. The van der Waals surface area contributed by atoms with E-state index in [0.29, 0.717) is 29.2 Å². The third-order valence-electron chi connectivity index (χ3n) is 4.33. The Labute approximate surface area is 118 Å². The third-order valence-corrected chi connectivity index (χ3v) is 4.57. The van der Waals surface area contributed by atoms with Crippen LogP contribution in [0.5, 0.6) is 0 Å². The summed E-state index contributed by atoms with van der Waals surface area (Å²) in [5.74, 6) is 0.121. The fourth-order valence-corrected chi connectivity index (χ4v) is 3.61. The number of hydrogen-bond acceptors (Lipinski definition) is 3. The molecule has 0 aromatic heterocycles. The van der Waals surface area contributed by atoms with E-state index in [2.05, 4.69) is 4.90 Å². The van der Waals surface area contributed by atoms with Crippen molar-refractivity contribution in [1.29, 1.82) is 0 Å². The van der Waals surface area contributed by atoms with Gasteiger partial charge in [0.2, 0.25) is 0 Å². The first-order valence-electron chi connectivity index (χ1n) is 6.86. The molecule has 0 saturated carbocycles. The summed E-state index contributed by atoms with van der Waals surface area (Å²) in [7, 11) is 0. The van der Waals surface area contributed by atoms with Crippen LogP contribution in [0.15, 0.2) is 24.3 Å². The first-order chi connectivity index (χ1) is 9.13. The van der Waals surface area contributed by atoms with Gasteiger partial charge in [-0.25, -0.2) is 0 Å². The van der Waals surface area contributed by atoms with Crippen molar-refractivity contribution < 1.29 is 9.90 Å². The van der Waals surface area contributed by atoms with E-state index in [1.54, 1.807) is 12.1 Å². The van der Waals surface area contributed by atoms with Gasteiger partial charge in [0, 0.05) is 22.7 Å². The van der Waals surface area contributed by atoms with Crippen LogP contribution in [-0.2, 0) is 0 Å². The Bertz CT molecular complexity index is 477. The first kappa shape index (κ1) is 13.1. The third kappa shape index (κ3) is 2.69. The minimum Gasteiger partial charge on any atom is -0.393 e. The highest BCUT2D eigenvalue weighted by Crippen LogP contribution is 2.35. The molecule has 3 nitrogen and oxygen atoms in total. The monoisotopic (exact) mass is 279 g/mol. The van der Waals surface area contributed by atoms with Crippen molar-refractivity contribution in [2.75, 3.05) is 6.54 Å². The van der Waals surface area contributed by atoms with E-state index in [0.717, 1.165) is 25.7 Å². The molecule has 0 aliphatic carbocycles. The summed E-state index contributed by atoms with van der Waals surface area (Å²) >= 11 is 5.92. The summed E-state index contributed by atoms with van der Waals surface area (Å²) in [6.45, 7) is 0.447. The number of carbonyl (C=O) groups is 1. The quantitative estimate of drug-likeness (QED) is 0.865. The number of rotatable bonds is 3. The van der Waals surface area contributed by atoms with E-state index in [-0.39, 0.29) is 11.9 Å². The topological polar surface area (TPSA) is 40.5 Å². The summed E-state index contributed by atoms with van der Waals surface area (Å²) in [6, 6.07) is 7.87. The molecular formula is C15H18ClNO2. The molecule has 2 unspecified atom stereocenters. The number of hydrogen-bond donors (Lipinski definition) is 1. The zero-order chi connectivity index (χ0) is 13.4. The number of halogens is 1. The lowest BCUT2D eigenvalue weighted by Crippen LogP contribution is -2.46. The maximum Gasteiger partial charge on any atom is 0.176 e. The number of ketones is 1. The molecule has 4 heteroatoms. The molecule has 2 atom stereocenters. The minimum atomic E-state index is -0.185. The van der Waals surface area contributed by atoms with Crippen LogP contribution < -0.4 is 0 Å². The molecule has 102 valence electrons. The number of benzene rings is 1. The lowest BCUT2D eigenvalue weighted by Gasteiger charge is -2.36. The second-order valence-corrected chi connectivity index (χ2v) is 6.05.